The van der Waals surface area contributed by atoms with Crippen LogP contribution in [-0.4, -0.2) is 52.8 Å². The second kappa shape index (κ2) is 6.91. The molecular weight excluding hydrogens is 310 g/mol. The van der Waals surface area contributed by atoms with E-state index in [1.54, 1.807) is 12.1 Å². The number of benzene rings is 1. The van der Waals surface area contributed by atoms with Crippen molar-refractivity contribution in [2.24, 2.45) is 5.92 Å². The number of piperidine rings is 1. The van der Waals surface area contributed by atoms with Crippen molar-refractivity contribution < 1.29 is 17.2 Å². The lowest BCUT2D eigenvalue weighted by atomic mass is 9.96. The molecule has 0 radical (unpaired) electrons. The number of likely N-dealkylation sites (tertiary alicyclic amines) is 1. The maximum Gasteiger partial charge on any atom is 0.341 e. The SMILES string of the molecule is CN1CCC(CN(C)c2ccc(S(=O)(=O)C(F)F)cc2)CC1. The topological polar surface area (TPSA) is 40.6 Å². The normalized spacial score (nSPS) is 17.9. The third kappa shape index (κ3) is 3.95. The molecule has 0 N–H and O–H groups in total. The molecule has 0 unspecified atom stereocenters. The summed E-state index contributed by atoms with van der Waals surface area (Å²) in [6.45, 7) is 3.06. The van der Waals surface area contributed by atoms with E-state index < -0.39 is 15.6 Å². The molecule has 22 heavy (non-hydrogen) atoms. The summed E-state index contributed by atoms with van der Waals surface area (Å²) in [7, 11) is -0.457. The molecule has 1 aromatic carbocycles. The maximum absolute atomic E-state index is 12.5. The van der Waals surface area contributed by atoms with Crippen LogP contribution in [0.1, 0.15) is 12.8 Å². The van der Waals surface area contributed by atoms with Crippen molar-refractivity contribution >= 4 is 15.5 Å². The van der Waals surface area contributed by atoms with Crippen LogP contribution >= 0.6 is 0 Å². The monoisotopic (exact) mass is 332 g/mol. The van der Waals surface area contributed by atoms with Gasteiger partial charge in [-0.15, -0.1) is 0 Å². The van der Waals surface area contributed by atoms with Crippen molar-refractivity contribution in [1.29, 1.82) is 0 Å². The molecule has 0 atom stereocenters. The fraction of sp³-hybridized carbons (Fsp3) is 0.600. The Bertz CT molecular complexity index is 582. The van der Waals surface area contributed by atoms with Gasteiger partial charge in [0.15, 0.2) is 0 Å². The maximum atomic E-state index is 12.5. The second-order valence-electron chi connectivity index (χ2n) is 5.93. The molecule has 1 saturated heterocycles. The molecule has 0 spiro atoms. The van der Waals surface area contributed by atoms with Crippen LogP contribution in [0.15, 0.2) is 29.2 Å². The minimum absolute atomic E-state index is 0.334. The summed E-state index contributed by atoms with van der Waals surface area (Å²) in [6, 6.07) is 5.68. The summed E-state index contributed by atoms with van der Waals surface area (Å²) in [5, 5.41) is 0. The van der Waals surface area contributed by atoms with Gasteiger partial charge in [-0.25, -0.2) is 8.42 Å². The Morgan fingerprint density at radius 3 is 2.27 bits per heavy atom. The second-order valence-corrected chi connectivity index (χ2v) is 7.84. The summed E-state index contributed by atoms with van der Waals surface area (Å²) in [4.78, 5) is 4.02. The Morgan fingerprint density at radius 1 is 1.23 bits per heavy atom. The van der Waals surface area contributed by atoms with E-state index in [-0.39, 0.29) is 4.90 Å². The van der Waals surface area contributed by atoms with Gasteiger partial charge in [0.25, 0.3) is 0 Å². The van der Waals surface area contributed by atoms with Crippen LogP contribution in [0.25, 0.3) is 0 Å². The molecule has 0 amide bonds. The van der Waals surface area contributed by atoms with Crippen molar-refractivity contribution in [3.63, 3.8) is 0 Å². The Kier molecular flexibility index (Phi) is 5.39. The Hall–Kier alpha value is -1.21. The zero-order chi connectivity index (χ0) is 16.3. The summed E-state index contributed by atoms with van der Waals surface area (Å²) in [5.41, 5.74) is 0.840. The number of anilines is 1. The van der Waals surface area contributed by atoms with Gasteiger partial charge < -0.3 is 9.80 Å². The van der Waals surface area contributed by atoms with Crippen LogP contribution in [-0.2, 0) is 9.84 Å². The van der Waals surface area contributed by atoms with Gasteiger partial charge in [-0.05, 0) is 63.2 Å². The molecule has 1 fully saturated rings. The van der Waals surface area contributed by atoms with Crippen LogP contribution in [0.3, 0.4) is 0 Å². The highest BCUT2D eigenvalue weighted by atomic mass is 32.2. The number of rotatable bonds is 5. The van der Waals surface area contributed by atoms with Crippen LogP contribution < -0.4 is 4.90 Å². The lowest BCUT2D eigenvalue weighted by Gasteiger charge is -2.32. The minimum Gasteiger partial charge on any atom is -0.374 e. The molecule has 1 aliphatic rings. The van der Waals surface area contributed by atoms with Crippen LogP contribution in [0, 0.1) is 5.92 Å². The van der Waals surface area contributed by atoms with E-state index in [4.69, 9.17) is 0 Å². The van der Waals surface area contributed by atoms with Crippen LogP contribution in [0.5, 0.6) is 0 Å². The van der Waals surface area contributed by atoms with Crippen molar-refractivity contribution in [2.45, 2.75) is 23.5 Å². The third-order valence-electron chi connectivity index (χ3n) is 4.21. The van der Waals surface area contributed by atoms with E-state index in [2.05, 4.69) is 16.8 Å². The molecule has 7 heteroatoms. The summed E-state index contributed by atoms with van der Waals surface area (Å²) in [6.07, 6.45) is 2.28. The van der Waals surface area contributed by atoms with E-state index in [1.165, 1.54) is 12.1 Å². The average Bonchev–Trinajstić information content (AvgIpc) is 2.49. The lowest BCUT2D eigenvalue weighted by molar-refractivity contribution is 0.222. The van der Waals surface area contributed by atoms with E-state index in [9.17, 15) is 17.2 Å². The van der Waals surface area contributed by atoms with Crippen LogP contribution in [0.4, 0.5) is 14.5 Å². The van der Waals surface area contributed by atoms with Gasteiger partial charge in [-0.1, -0.05) is 0 Å². The third-order valence-corrected chi connectivity index (χ3v) is 5.61. The number of halogens is 2. The molecule has 1 aliphatic heterocycles. The molecule has 0 aromatic heterocycles. The van der Waals surface area contributed by atoms with Crippen molar-refractivity contribution in [2.75, 3.05) is 38.6 Å². The number of hydrogen-bond acceptors (Lipinski definition) is 4. The fourth-order valence-corrected chi connectivity index (χ4v) is 3.45. The number of nitrogens with zero attached hydrogens (tertiary/aromatic N) is 2. The van der Waals surface area contributed by atoms with Gasteiger partial charge >= 0.3 is 5.76 Å². The molecule has 1 heterocycles. The predicted molar refractivity (Wildman–Crippen MR) is 83.1 cm³/mol. The molecule has 2 rings (SSSR count). The number of sulfone groups is 1. The van der Waals surface area contributed by atoms with Gasteiger partial charge in [-0.3, -0.25) is 0 Å². The molecular formula is C15H22F2N2O2S. The van der Waals surface area contributed by atoms with Gasteiger partial charge in [0.1, 0.15) is 0 Å². The first kappa shape index (κ1) is 17.1. The standard InChI is InChI=1S/C15H22F2N2O2S/c1-18-9-7-12(8-10-18)11-19(2)13-3-5-14(6-4-13)22(20,21)15(16)17/h3-6,12,15H,7-11H2,1-2H3. The smallest absolute Gasteiger partial charge is 0.341 e. The Labute approximate surface area is 130 Å². The number of hydrogen-bond donors (Lipinski definition) is 0. The number of alkyl halides is 2. The van der Waals surface area contributed by atoms with Gasteiger partial charge in [-0.2, -0.15) is 8.78 Å². The highest BCUT2D eigenvalue weighted by Crippen LogP contribution is 2.24. The molecule has 1 aromatic rings. The molecule has 0 aliphatic carbocycles. The first-order valence-corrected chi connectivity index (χ1v) is 8.87. The molecule has 0 bridgehead atoms. The predicted octanol–water partition coefficient (Wildman–Crippen LogP) is 2.46. The zero-order valence-electron chi connectivity index (χ0n) is 12.9. The lowest BCUT2D eigenvalue weighted by Crippen LogP contribution is -2.35. The van der Waals surface area contributed by atoms with Crippen molar-refractivity contribution in [3.8, 4) is 0 Å². The van der Waals surface area contributed by atoms with E-state index in [0.29, 0.717) is 5.92 Å². The van der Waals surface area contributed by atoms with E-state index in [1.807, 2.05) is 7.05 Å². The highest BCUT2D eigenvalue weighted by Gasteiger charge is 2.26. The van der Waals surface area contributed by atoms with E-state index >= 15 is 0 Å². The van der Waals surface area contributed by atoms with Gasteiger partial charge in [0.2, 0.25) is 9.84 Å². The molecule has 124 valence electrons. The van der Waals surface area contributed by atoms with Crippen LogP contribution in [0.2, 0.25) is 0 Å². The zero-order valence-corrected chi connectivity index (χ0v) is 13.7. The highest BCUT2D eigenvalue weighted by molar-refractivity contribution is 7.91. The molecule has 0 saturated carbocycles. The van der Waals surface area contributed by atoms with Gasteiger partial charge in [0.05, 0.1) is 4.90 Å². The first-order chi connectivity index (χ1) is 10.3. The van der Waals surface area contributed by atoms with E-state index in [0.717, 1.165) is 38.2 Å². The first-order valence-electron chi connectivity index (χ1n) is 7.32. The summed E-state index contributed by atoms with van der Waals surface area (Å²) in [5.74, 6) is -2.78. The summed E-state index contributed by atoms with van der Waals surface area (Å²) < 4.78 is 47.8. The Morgan fingerprint density at radius 2 is 1.77 bits per heavy atom. The molecule has 4 nitrogen and oxygen atoms in total. The quantitative estimate of drug-likeness (QED) is 0.830. The van der Waals surface area contributed by atoms with Crippen molar-refractivity contribution in [3.05, 3.63) is 24.3 Å². The minimum atomic E-state index is -4.51. The average molecular weight is 332 g/mol. The Balaban J connectivity index is 2.01. The largest absolute Gasteiger partial charge is 0.374 e. The summed E-state index contributed by atoms with van der Waals surface area (Å²) >= 11 is 0. The van der Waals surface area contributed by atoms with Gasteiger partial charge in [0, 0.05) is 19.3 Å². The fourth-order valence-electron chi connectivity index (χ4n) is 2.73. The van der Waals surface area contributed by atoms with Crippen molar-refractivity contribution in [1.82, 2.24) is 4.90 Å².